The smallest absolute Gasteiger partial charge is 0.411 e. The molecule has 1 aromatic rings. The Morgan fingerprint density at radius 3 is 3.00 bits per heavy atom. The standard InChI is InChI=1S/C9H10NO2S/c1-12-9(11)10-7-4-3-5-8(6-7)13-2/h3-6H,1H2,2H3,(H,10,11). The first-order valence-electron chi connectivity index (χ1n) is 3.63. The van der Waals surface area contributed by atoms with E-state index in [4.69, 9.17) is 0 Å². The van der Waals surface area contributed by atoms with Gasteiger partial charge in [0.1, 0.15) is 7.11 Å². The molecule has 0 aliphatic heterocycles. The van der Waals surface area contributed by atoms with Crippen LogP contribution in [0.15, 0.2) is 29.2 Å². The molecule has 0 saturated carbocycles. The van der Waals surface area contributed by atoms with Gasteiger partial charge in [0.25, 0.3) is 0 Å². The summed E-state index contributed by atoms with van der Waals surface area (Å²) in [5.41, 5.74) is 0.709. The van der Waals surface area contributed by atoms with Gasteiger partial charge in [-0.3, -0.25) is 5.32 Å². The summed E-state index contributed by atoms with van der Waals surface area (Å²) < 4.78 is 4.22. The fourth-order valence-corrected chi connectivity index (χ4v) is 1.31. The van der Waals surface area contributed by atoms with E-state index in [-0.39, 0.29) is 0 Å². The monoisotopic (exact) mass is 196 g/mol. The highest BCUT2D eigenvalue weighted by Gasteiger charge is 2.00. The molecular weight excluding hydrogens is 186 g/mol. The van der Waals surface area contributed by atoms with Crippen molar-refractivity contribution in [1.29, 1.82) is 0 Å². The first-order valence-corrected chi connectivity index (χ1v) is 4.86. The van der Waals surface area contributed by atoms with E-state index in [9.17, 15) is 4.79 Å². The Balaban J connectivity index is 2.71. The Morgan fingerprint density at radius 1 is 1.62 bits per heavy atom. The van der Waals surface area contributed by atoms with Crippen LogP contribution in [0.5, 0.6) is 0 Å². The van der Waals surface area contributed by atoms with Crippen LogP contribution in [0.3, 0.4) is 0 Å². The van der Waals surface area contributed by atoms with Crippen LogP contribution in [0.25, 0.3) is 0 Å². The minimum atomic E-state index is -0.557. The Labute approximate surface area is 81.5 Å². The fourth-order valence-electron chi connectivity index (χ4n) is 0.855. The molecule has 1 aromatic carbocycles. The second-order valence-electron chi connectivity index (χ2n) is 2.29. The van der Waals surface area contributed by atoms with E-state index < -0.39 is 6.09 Å². The maximum Gasteiger partial charge on any atom is 0.411 e. The topological polar surface area (TPSA) is 38.3 Å². The number of thioether (sulfide) groups is 1. The van der Waals surface area contributed by atoms with Crippen molar-refractivity contribution in [2.24, 2.45) is 0 Å². The molecule has 3 nitrogen and oxygen atoms in total. The van der Waals surface area contributed by atoms with Gasteiger partial charge >= 0.3 is 6.09 Å². The van der Waals surface area contributed by atoms with Crippen molar-refractivity contribution in [3.8, 4) is 0 Å². The average molecular weight is 196 g/mol. The largest absolute Gasteiger partial charge is 0.446 e. The lowest BCUT2D eigenvalue weighted by atomic mass is 10.3. The summed E-state index contributed by atoms with van der Waals surface area (Å²) >= 11 is 1.61. The third-order valence-corrected chi connectivity index (χ3v) is 2.17. The van der Waals surface area contributed by atoms with Gasteiger partial charge in [0.05, 0.1) is 0 Å². The Kier molecular flexibility index (Phi) is 3.64. The Hall–Kier alpha value is -1.16. The summed E-state index contributed by atoms with van der Waals surface area (Å²) in [6.07, 6.45) is 1.41. The van der Waals surface area contributed by atoms with Crippen molar-refractivity contribution in [3.63, 3.8) is 0 Å². The van der Waals surface area contributed by atoms with Crippen LogP contribution in [0.1, 0.15) is 0 Å². The SMILES string of the molecule is [CH2]OC(=O)Nc1cccc(SC)c1. The molecule has 1 N–H and O–H groups in total. The minimum absolute atomic E-state index is 0.557. The van der Waals surface area contributed by atoms with Crippen molar-refractivity contribution in [1.82, 2.24) is 0 Å². The van der Waals surface area contributed by atoms with Crippen molar-refractivity contribution in [2.75, 3.05) is 11.6 Å². The first-order chi connectivity index (χ1) is 6.26. The molecule has 1 radical (unpaired) electrons. The molecule has 0 spiro atoms. The third kappa shape index (κ3) is 2.99. The minimum Gasteiger partial charge on any atom is -0.446 e. The lowest BCUT2D eigenvalue weighted by Gasteiger charge is -2.04. The zero-order chi connectivity index (χ0) is 9.68. The molecule has 0 heterocycles. The molecular formula is C9H10NO2S. The number of hydrogen-bond donors (Lipinski definition) is 1. The van der Waals surface area contributed by atoms with E-state index in [1.165, 1.54) is 0 Å². The molecule has 1 amide bonds. The van der Waals surface area contributed by atoms with Gasteiger partial charge in [-0.2, -0.15) is 0 Å². The summed E-state index contributed by atoms with van der Waals surface area (Å²) in [6, 6.07) is 7.48. The number of ether oxygens (including phenoxy) is 1. The predicted molar refractivity (Wildman–Crippen MR) is 53.7 cm³/mol. The van der Waals surface area contributed by atoms with Gasteiger partial charge < -0.3 is 4.74 Å². The van der Waals surface area contributed by atoms with Crippen LogP contribution >= 0.6 is 11.8 Å². The molecule has 0 aliphatic carbocycles. The lowest BCUT2D eigenvalue weighted by molar-refractivity contribution is 0.199. The highest BCUT2D eigenvalue weighted by molar-refractivity contribution is 7.98. The van der Waals surface area contributed by atoms with Crippen LogP contribution in [-0.4, -0.2) is 12.3 Å². The van der Waals surface area contributed by atoms with Gasteiger partial charge in [-0.15, -0.1) is 11.8 Å². The first kappa shape index (κ1) is 9.92. The molecule has 0 aliphatic rings. The second-order valence-corrected chi connectivity index (χ2v) is 3.17. The Morgan fingerprint density at radius 2 is 2.38 bits per heavy atom. The molecule has 0 saturated heterocycles. The van der Waals surface area contributed by atoms with Crippen LogP contribution in [-0.2, 0) is 4.74 Å². The molecule has 1 rings (SSSR count). The van der Waals surface area contributed by atoms with Gasteiger partial charge in [0.15, 0.2) is 0 Å². The van der Waals surface area contributed by atoms with Crippen molar-refractivity contribution in [2.45, 2.75) is 4.90 Å². The number of anilines is 1. The number of amides is 1. The average Bonchev–Trinajstić information content (AvgIpc) is 2.18. The normalized spacial score (nSPS) is 9.38. The Bertz CT molecular complexity index is 301. The highest BCUT2D eigenvalue weighted by atomic mass is 32.2. The van der Waals surface area contributed by atoms with E-state index in [0.29, 0.717) is 5.69 Å². The van der Waals surface area contributed by atoms with Crippen molar-refractivity contribution < 1.29 is 9.53 Å². The molecule has 0 unspecified atom stereocenters. The van der Waals surface area contributed by atoms with Gasteiger partial charge in [-0.25, -0.2) is 4.79 Å². The van der Waals surface area contributed by atoms with Crippen molar-refractivity contribution >= 4 is 23.5 Å². The van der Waals surface area contributed by atoms with Gasteiger partial charge in [0.2, 0.25) is 0 Å². The summed E-state index contributed by atoms with van der Waals surface area (Å²) in [5, 5.41) is 2.53. The zero-order valence-corrected chi connectivity index (χ0v) is 8.06. The number of carbonyl (C=O) groups is 1. The molecule has 0 aromatic heterocycles. The molecule has 0 bridgehead atoms. The quantitative estimate of drug-likeness (QED) is 0.739. The summed E-state index contributed by atoms with van der Waals surface area (Å²) in [4.78, 5) is 11.9. The van der Waals surface area contributed by atoms with Crippen LogP contribution in [0.2, 0.25) is 0 Å². The number of hydrogen-bond acceptors (Lipinski definition) is 3. The lowest BCUT2D eigenvalue weighted by Crippen LogP contribution is -2.09. The second kappa shape index (κ2) is 4.77. The van der Waals surface area contributed by atoms with Gasteiger partial charge in [0, 0.05) is 10.6 Å². The van der Waals surface area contributed by atoms with Gasteiger partial charge in [-0.05, 0) is 24.5 Å². The molecule has 0 fully saturated rings. The highest BCUT2D eigenvalue weighted by Crippen LogP contribution is 2.18. The number of nitrogens with one attached hydrogen (secondary N) is 1. The number of carbonyl (C=O) groups excluding carboxylic acids is 1. The van der Waals surface area contributed by atoms with Crippen LogP contribution in [0.4, 0.5) is 10.5 Å². The fraction of sp³-hybridized carbons (Fsp3) is 0.111. The van der Waals surface area contributed by atoms with Crippen LogP contribution < -0.4 is 5.32 Å². The third-order valence-electron chi connectivity index (χ3n) is 1.45. The molecule has 13 heavy (non-hydrogen) atoms. The summed E-state index contributed by atoms with van der Waals surface area (Å²) in [5.74, 6) is 0. The summed E-state index contributed by atoms with van der Waals surface area (Å²) in [6.45, 7) is 0. The van der Waals surface area contributed by atoms with E-state index in [1.807, 2.05) is 24.5 Å². The number of benzene rings is 1. The van der Waals surface area contributed by atoms with Gasteiger partial charge in [-0.1, -0.05) is 6.07 Å². The summed E-state index contributed by atoms with van der Waals surface area (Å²) in [7, 11) is 3.01. The number of rotatable bonds is 2. The maximum atomic E-state index is 10.8. The van der Waals surface area contributed by atoms with E-state index in [1.54, 1.807) is 17.8 Å². The molecule has 69 valence electrons. The predicted octanol–water partition coefficient (Wildman–Crippen LogP) is 2.75. The molecule has 4 heteroatoms. The van der Waals surface area contributed by atoms with E-state index in [0.717, 1.165) is 4.90 Å². The zero-order valence-electron chi connectivity index (χ0n) is 7.24. The van der Waals surface area contributed by atoms with Crippen LogP contribution in [0, 0.1) is 7.11 Å². The van der Waals surface area contributed by atoms with E-state index >= 15 is 0 Å². The van der Waals surface area contributed by atoms with E-state index in [2.05, 4.69) is 17.2 Å². The molecule has 0 atom stereocenters. The maximum absolute atomic E-state index is 10.8. The van der Waals surface area contributed by atoms with Crippen molar-refractivity contribution in [3.05, 3.63) is 31.4 Å².